The Morgan fingerprint density at radius 3 is 2.68 bits per heavy atom. The summed E-state index contributed by atoms with van der Waals surface area (Å²) in [5, 5.41) is 8.84. The Hall–Kier alpha value is -3.18. The molecule has 158 valence electrons. The number of aromatic nitrogens is 1. The van der Waals surface area contributed by atoms with Gasteiger partial charge in [0, 0.05) is 11.5 Å². The summed E-state index contributed by atoms with van der Waals surface area (Å²) in [6.45, 7) is 2.91. The summed E-state index contributed by atoms with van der Waals surface area (Å²) in [5.41, 5.74) is 9.83. The van der Waals surface area contributed by atoms with Gasteiger partial charge in [-0.3, -0.25) is 5.41 Å². The molecule has 4 nitrogen and oxygen atoms in total. The van der Waals surface area contributed by atoms with E-state index in [4.69, 9.17) is 20.9 Å². The summed E-state index contributed by atoms with van der Waals surface area (Å²) in [4.78, 5) is 4.98. The molecule has 0 bridgehead atoms. The molecule has 0 spiro atoms. The second-order valence-corrected chi connectivity index (χ2v) is 8.73. The Morgan fingerprint density at radius 1 is 1.06 bits per heavy atom. The number of fused-ring (bicyclic) bond motifs is 1. The van der Waals surface area contributed by atoms with Crippen LogP contribution >= 0.6 is 11.3 Å². The minimum atomic E-state index is 0.0914. The lowest BCUT2D eigenvalue weighted by atomic mass is 9.92. The average molecular weight is 430 g/mol. The summed E-state index contributed by atoms with van der Waals surface area (Å²) in [6, 6.07) is 24.6. The van der Waals surface area contributed by atoms with E-state index in [0.717, 1.165) is 58.0 Å². The number of ether oxygens (including phenoxy) is 1. The predicted octanol–water partition coefficient (Wildman–Crippen LogP) is 6.13. The standard InChI is InChI=1S/C26H27N3OS/c1-2-3-14-30-21-12-13-23-24(17-21)31-26(29-23)22(19-9-5-4-6-10-19)16-18-8-7-11-20(15-18)25(27)28/h4-13,15,17,22H,2-3,14,16H2,1H3,(H3,27,28). The number of nitrogens with zero attached hydrogens (tertiary/aromatic N) is 1. The van der Waals surface area contributed by atoms with Gasteiger partial charge in [0.05, 0.1) is 16.8 Å². The molecule has 3 N–H and O–H groups in total. The maximum absolute atomic E-state index is 7.75. The Bertz CT molecular complexity index is 1170. The van der Waals surface area contributed by atoms with E-state index in [0.29, 0.717) is 0 Å². The first-order valence-electron chi connectivity index (χ1n) is 10.7. The summed E-state index contributed by atoms with van der Waals surface area (Å²) in [7, 11) is 0. The van der Waals surface area contributed by atoms with E-state index in [1.54, 1.807) is 11.3 Å². The van der Waals surface area contributed by atoms with Crippen LogP contribution in [0.3, 0.4) is 0 Å². The van der Waals surface area contributed by atoms with Gasteiger partial charge in [-0.2, -0.15) is 0 Å². The van der Waals surface area contributed by atoms with Crippen LogP contribution in [0.2, 0.25) is 0 Å². The largest absolute Gasteiger partial charge is 0.494 e. The number of hydrogen-bond acceptors (Lipinski definition) is 4. The van der Waals surface area contributed by atoms with Crippen molar-refractivity contribution < 1.29 is 4.74 Å². The molecule has 4 aromatic rings. The molecule has 1 atom stereocenters. The molecule has 4 rings (SSSR count). The molecule has 1 unspecified atom stereocenters. The quantitative estimate of drug-likeness (QED) is 0.191. The third kappa shape index (κ3) is 5.12. The molecule has 0 saturated carbocycles. The SMILES string of the molecule is CCCCOc1ccc2nc(C(Cc3cccc(C(=N)N)c3)c3ccccc3)sc2c1. The van der Waals surface area contributed by atoms with Crippen LogP contribution in [-0.2, 0) is 6.42 Å². The van der Waals surface area contributed by atoms with Crippen LogP contribution in [-0.4, -0.2) is 17.4 Å². The Morgan fingerprint density at radius 2 is 1.90 bits per heavy atom. The van der Waals surface area contributed by atoms with Gasteiger partial charge in [0.2, 0.25) is 0 Å². The molecule has 31 heavy (non-hydrogen) atoms. The van der Waals surface area contributed by atoms with Crippen molar-refractivity contribution in [3.05, 3.63) is 94.5 Å². The summed E-state index contributed by atoms with van der Waals surface area (Å²) in [6.07, 6.45) is 2.97. The fourth-order valence-electron chi connectivity index (χ4n) is 3.63. The minimum Gasteiger partial charge on any atom is -0.494 e. The number of hydrogen-bond donors (Lipinski definition) is 2. The second-order valence-electron chi connectivity index (χ2n) is 7.67. The molecule has 1 aromatic heterocycles. The number of amidine groups is 1. The van der Waals surface area contributed by atoms with Crippen molar-refractivity contribution in [2.45, 2.75) is 32.1 Å². The molecular weight excluding hydrogens is 402 g/mol. The van der Waals surface area contributed by atoms with Crippen LogP contribution in [0.15, 0.2) is 72.8 Å². The zero-order chi connectivity index (χ0) is 21.6. The average Bonchev–Trinajstić information content (AvgIpc) is 3.21. The molecule has 5 heteroatoms. The summed E-state index contributed by atoms with van der Waals surface area (Å²) >= 11 is 1.73. The summed E-state index contributed by atoms with van der Waals surface area (Å²) in [5.74, 6) is 1.13. The summed E-state index contributed by atoms with van der Waals surface area (Å²) < 4.78 is 7.03. The molecule has 0 saturated heterocycles. The van der Waals surface area contributed by atoms with E-state index in [1.165, 1.54) is 5.56 Å². The van der Waals surface area contributed by atoms with Crippen molar-refractivity contribution in [1.29, 1.82) is 5.41 Å². The van der Waals surface area contributed by atoms with Crippen molar-refractivity contribution in [1.82, 2.24) is 4.98 Å². The number of rotatable bonds is 9. The lowest BCUT2D eigenvalue weighted by Gasteiger charge is -2.16. The van der Waals surface area contributed by atoms with E-state index in [1.807, 2.05) is 30.3 Å². The van der Waals surface area contributed by atoms with Gasteiger partial charge in [-0.1, -0.05) is 61.9 Å². The predicted molar refractivity (Wildman–Crippen MR) is 129 cm³/mol. The highest BCUT2D eigenvalue weighted by atomic mass is 32.1. The molecule has 0 aliphatic carbocycles. The lowest BCUT2D eigenvalue weighted by Crippen LogP contribution is -2.12. The molecule has 3 aromatic carbocycles. The number of unbranched alkanes of at least 4 members (excludes halogenated alkanes) is 1. The van der Waals surface area contributed by atoms with E-state index >= 15 is 0 Å². The first kappa shape index (κ1) is 21.1. The topological polar surface area (TPSA) is 72.0 Å². The molecule has 0 aliphatic rings. The maximum atomic E-state index is 7.75. The van der Waals surface area contributed by atoms with E-state index in [2.05, 4.69) is 49.4 Å². The number of nitrogens with one attached hydrogen (secondary N) is 1. The van der Waals surface area contributed by atoms with Gasteiger partial charge in [0.1, 0.15) is 16.6 Å². The normalized spacial score (nSPS) is 12.0. The third-order valence-electron chi connectivity index (χ3n) is 5.32. The number of thiazole rings is 1. The fraction of sp³-hybridized carbons (Fsp3) is 0.231. The van der Waals surface area contributed by atoms with Crippen molar-refractivity contribution in [2.24, 2.45) is 5.73 Å². The first-order valence-corrected chi connectivity index (χ1v) is 11.5. The van der Waals surface area contributed by atoms with Crippen molar-refractivity contribution in [3.63, 3.8) is 0 Å². The highest BCUT2D eigenvalue weighted by Crippen LogP contribution is 2.35. The van der Waals surface area contributed by atoms with Crippen LogP contribution in [0.5, 0.6) is 5.75 Å². The Labute approximate surface area is 187 Å². The lowest BCUT2D eigenvalue weighted by molar-refractivity contribution is 0.310. The smallest absolute Gasteiger partial charge is 0.122 e. The highest BCUT2D eigenvalue weighted by molar-refractivity contribution is 7.18. The zero-order valence-corrected chi connectivity index (χ0v) is 18.5. The van der Waals surface area contributed by atoms with Crippen molar-refractivity contribution in [2.75, 3.05) is 6.61 Å². The van der Waals surface area contributed by atoms with E-state index in [9.17, 15) is 0 Å². The zero-order valence-electron chi connectivity index (χ0n) is 17.7. The van der Waals surface area contributed by atoms with Crippen LogP contribution < -0.4 is 10.5 Å². The van der Waals surface area contributed by atoms with Crippen molar-refractivity contribution >= 4 is 27.4 Å². The van der Waals surface area contributed by atoms with Crippen LogP contribution in [0.25, 0.3) is 10.2 Å². The van der Waals surface area contributed by atoms with Gasteiger partial charge in [-0.15, -0.1) is 11.3 Å². The Kier molecular flexibility index (Phi) is 6.63. The van der Waals surface area contributed by atoms with Gasteiger partial charge in [0.15, 0.2) is 0 Å². The molecular formula is C26H27N3OS. The second kappa shape index (κ2) is 9.75. The third-order valence-corrected chi connectivity index (χ3v) is 6.45. The minimum absolute atomic E-state index is 0.0914. The molecule has 0 radical (unpaired) electrons. The van der Waals surface area contributed by atoms with Gasteiger partial charge < -0.3 is 10.5 Å². The molecule has 1 heterocycles. The first-order chi connectivity index (χ1) is 15.1. The van der Waals surface area contributed by atoms with E-state index < -0.39 is 0 Å². The van der Waals surface area contributed by atoms with Gasteiger partial charge in [-0.25, -0.2) is 4.98 Å². The monoisotopic (exact) mass is 429 g/mol. The highest BCUT2D eigenvalue weighted by Gasteiger charge is 2.20. The van der Waals surface area contributed by atoms with Gasteiger partial charge in [0.25, 0.3) is 0 Å². The maximum Gasteiger partial charge on any atom is 0.122 e. The molecule has 0 fully saturated rings. The van der Waals surface area contributed by atoms with Gasteiger partial charge in [-0.05, 0) is 48.2 Å². The number of nitrogens with two attached hydrogens (primary N) is 1. The Balaban J connectivity index is 1.67. The van der Waals surface area contributed by atoms with Crippen LogP contribution in [0.4, 0.5) is 0 Å². The van der Waals surface area contributed by atoms with Crippen LogP contribution in [0.1, 0.15) is 47.4 Å². The fourth-order valence-corrected chi connectivity index (χ4v) is 4.75. The molecule has 0 aliphatic heterocycles. The van der Waals surface area contributed by atoms with Crippen LogP contribution in [0, 0.1) is 5.41 Å². The van der Waals surface area contributed by atoms with Crippen molar-refractivity contribution in [3.8, 4) is 5.75 Å². The van der Waals surface area contributed by atoms with Gasteiger partial charge >= 0.3 is 0 Å². The molecule has 0 amide bonds. The number of benzene rings is 3. The number of nitrogen functional groups attached to an aromatic ring is 1. The van der Waals surface area contributed by atoms with E-state index in [-0.39, 0.29) is 11.8 Å².